The molecule has 0 fully saturated rings. The van der Waals surface area contributed by atoms with E-state index in [2.05, 4.69) is 32.0 Å². The van der Waals surface area contributed by atoms with E-state index in [4.69, 9.17) is 17.3 Å². The van der Waals surface area contributed by atoms with Crippen LogP contribution in [0.25, 0.3) is 21.9 Å². The molecule has 2 aromatic heterocycles. The van der Waals surface area contributed by atoms with Crippen LogP contribution >= 0.6 is 11.6 Å². The summed E-state index contributed by atoms with van der Waals surface area (Å²) in [4.78, 5) is 20.7. The number of nitrogens with zero attached hydrogens (tertiary/aromatic N) is 2. The number of nitrogens with one attached hydrogen (secondary N) is 2. The summed E-state index contributed by atoms with van der Waals surface area (Å²) in [6.07, 6.45) is 3.65. The van der Waals surface area contributed by atoms with Crippen LogP contribution in [0.3, 0.4) is 0 Å². The van der Waals surface area contributed by atoms with Crippen LogP contribution in [0.5, 0.6) is 0 Å². The first-order chi connectivity index (χ1) is 16.1. The second kappa shape index (κ2) is 9.10. The Balaban J connectivity index is 1.40. The Kier molecular flexibility index (Phi) is 5.86. The fraction of sp³-hybridized carbons (Fsp3) is 0.154. The van der Waals surface area contributed by atoms with Gasteiger partial charge in [-0.3, -0.25) is 4.79 Å². The van der Waals surface area contributed by atoms with Gasteiger partial charge in [0.2, 0.25) is 0 Å². The van der Waals surface area contributed by atoms with Crippen molar-refractivity contribution >= 4 is 45.1 Å². The predicted molar refractivity (Wildman–Crippen MR) is 134 cm³/mol. The first kappa shape index (κ1) is 21.2. The van der Waals surface area contributed by atoms with Gasteiger partial charge in [0, 0.05) is 34.4 Å². The number of carbonyl (C=O) groups excluding carboxylic acids is 1. The lowest BCUT2D eigenvalue weighted by Gasteiger charge is -2.06. The van der Waals surface area contributed by atoms with Gasteiger partial charge in [-0.1, -0.05) is 41.9 Å². The minimum atomic E-state index is -0.296. The fourth-order valence-electron chi connectivity index (χ4n) is 4.13. The van der Waals surface area contributed by atoms with Crippen LogP contribution in [0, 0.1) is 0 Å². The molecule has 3 aromatic carbocycles. The van der Waals surface area contributed by atoms with Crippen molar-refractivity contribution in [1.29, 1.82) is 0 Å². The van der Waals surface area contributed by atoms with Crippen LogP contribution < -0.4 is 11.1 Å². The van der Waals surface area contributed by atoms with Crippen molar-refractivity contribution in [2.75, 3.05) is 11.9 Å². The number of hydrogen-bond acceptors (Lipinski definition) is 3. The molecule has 5 rings (SSSR count). The Morgan fingerprint density at radius 3 is 2.76 bits per heavy atom. The average molecular weight is 458 g/mol. The summed E-state index contributed by atoms with van der Waals surface area (Å²) >= 11 is 6.34. The molecule has 7 heteroatoms. The molecule has 0 unspecified atom stereocenters. The zero-order chi connectivity index (χ0) is 22.8. The molecule has 33 heavy (non-hydrogen) atoms. The maximum atomic E-state index is 13.0. The van der Waals surface area contributed by atoms with Crippen LogP contribution in [-0.4, -0.2) is 27.0 Å². The molecule has 4 N–H and O–H groups in total. The normalized spacial score (nSPS) is 11.3. The smallest absolute Gasteiger partial charge is 0.291 e. The van der Waals surface area contributed by atoms with E-state index in [9.17, 15) is 4.79 Å². The second-order valence-electron chi connectivity index (χ2n) is 8.09. The van der Waals surface area contributed by atoms with E-state index in [0.29, 0.717) is 23.7 Å². The summed E-state index contributed by atoms with van der Waals surface area (Å²) in [5.74, 6) is -0.0444. The number of amides is 1. The van der Waals surface area contributed by atoms with E-state index in [-0.39, 0.29) is 11.7 Å². The third-order valence-electron chi connectivity index (χ3n) is 5.71. The van der Waals surface area contributed by atoms with Gasteiger partial charge in [-0.15, -0.1) is 0 Å². The van der Waals surface area contributed by atoms with Crippen molar-refractivity contribution < 1.29 is 4.79 Å². The van der Waals surface area contributed by atoms with Crippen LogP contribution in [-0.2, 0) is 13.0 Å². The van der Waals surface area contributed by atoms with E-state index in [1.54, 1.807) is 6.07 Å². The molecule has 6 nitrogen and oxygen atoms in total. The topological polar surface area (TPSA) is 88.7 Å². The number of carbonyl (C=O) groups is 1. The summed E-state index contributed by atoms with van der Waals surface area (Å²) in [7, 11) is 0. The van der Waals surface area contributed by atoms with Gasteiger partial charge in [0.15, 0.2) is 5.82 Å². The predicted octanol–water partition coefficient (Wildman–Crippen LogP) is 5.36. The Hall–Kier alpha value is -3.61. The van der Waals surface area contributed by atoms with Gasteiger partial charge in [0.25, 0.3) is 5.91 Å². The molecule has 0 saturated carbocycles. The molecule has 5 aromatic rings. The molecule has 166 valence electrons. The summed E-state index contributed by atoms with van der Waals surface area (Å²) in [6.45, 7) is 1.53. The third-order valence-corrected chi connectivity index (χ3v) is 5.93. The minimum Gasteiger partial charge on any atom is -0.347 e. The van der Waals surface area contributed by atoms with E-state index >= 15 is 0 Å². The Morgan fingerprint density at radius 1 is 1.09 bits per heavy atom. The zero-order valence-electron chi connectivity index (χ0n) is 18.0. The molecule has 0 aliphatic heterocycles. The van der Waals surface area contributed by atoms with Gasteiger partial charge in [0.1, 0.15) is 0 Å². The van der Waals surface area contributed by atoms with Crippen molar-refractivity contribution in [1.82, 2.24) is 14.5 Å². The van der Waals surface area contributed by atoms with E-state index in [0.717, 1.165) is 46.0 Å². The number of halogens is 1. The Bertz CT molecular complexity index is 1440. The molecule has 0 saturated heterocycles. The van der Waals surface area contributed by atoms with Crippen LogP contribution in [0.15, 0.2) is 72.9 Å². The standard InChI is InChI=1S/C26H24ClN5O/c27-20-14-19(13-17-5-2-1-3-6-17)24-22(16-20)30-25(31-24)26(33)29-21-7-8-23-18(15-21)9-12-32(23)11-4-10-28/h1-3,5-9,12,14-16H,4,10-11,13,28H2,(H,29,33)(H,30,31). The lowest BCUT2D eigenvalue weighted by atomic mass is 10.0. The number of anilines is 1. The maximum absolute atomic E-state index is 13.0. The van der Waals surface area contributed by atoms with E-state index in [1.807, 2.05) is 54.7 Å². The van der Waals surface area contributed by atoms with Crippen molar-refractivity contribution in [3.05, 3.63) is 94.9 Å². The number of aromatic nitrogens is 3. The molecule has 0 aliphatic rings. The van der Waals surface area contributed by atoms with Gasteiger partial charge in [-0.2, -0.15) is 0 Å². The highest BCUT2D eigenvalue weighted by Crippen LogP contribution is 2.26. The molecule has 0 spiro atoms. The number of rotatable bonds is 7. The second-order valence-corrected chi connectivity index (χ2v) is 8.52. The highest BCUT2D eigenvalue weighted by molar-refractivity contribution is 6.31. The van der Waals surface area contributed by atoms with Gasteiger partial charge in [-0.05, 0) is 66.9 Å². The summed E-state index contributed by atoms with van der Waals surface area (Å²) in [5.41, 5.74) is 11.1. The average Bonchev–Trinajstić information content (AvgIpc) is 3.42. The monoisotopic (exact) mass is 457 g/mol. The van der Waals surface area contributed by atoms with Crippen molar-refractivity contribution in [2.24, 2.45) is 5.73 Å². The van der Waals surface area contributed by atoms with Crippen LogP contribution in [0.1, 0.15) is 28.2 Å². The first-order valence-electron chi connectivity index (χ1n) is 10.9. The number of aryl methyl sites for hydroxylation is 1. The summed E-state index contributed by atoms with van der Waals surface area (Å²) < 4.78 is 2.17. The lowest BCUT2D eigenvalue weighted by molar-refractivity contribution is 0.101. The number of aromatic amines is 1. The molecular formula is C26H24ClN5O. The number of imidazole rings is 1. The van der Waals surface area contributed by atoms with Crippen LogP contribution in [0.2, 0.25) is 5.02 Å². The SMILES string of the molecule is NCCCn1ccc2cc(NC(=O)c3nc4c(Cc5ccccc5)cc(Cl)cc4[nH]3)ccc21. The fourth-order valence-corrected chi connectivity index (χ4v) is 4.37. The number of nitrogens with two attached hydrogens (primary N) is 1. The van der Waals surface area contributed by atoms with Crippen LogP contribution in [0.4, 0.5) is 5.69 Å². The minimum absolute atomic E-state index is 0.252. The van der Waals surface area contributed by atoms with Gasteiger partial charge in [-0.25, -0.2) is 4.98 Å². The number of H-pyrrole nitrogens is 1. The van der Waals surface area contributed by atoms with E-state index in [1.165, 1.54) is 0 Å². The number of fused-ring (bicyclic) bond motifs is 2. The van der Waals surface area contributed by atoms with Gasteiger partial charge >= 0.3 is 0 Å². The quantitative estimate of drug-likeness (QED) is 0.307. The van der Waals surface area contributed by atoms with Gasteiger partial charge < -0.3 is 20.6 Å². The largest absolute Gasteiger partial charge is 0.347 e. The number of hydrogen-bond donors (Lipinski definition) is 3. The lowest BCUT2D eigenvalue weighted by Crippen LogP contribution is -2.13. The van der Waals surface area contributed by atoms with Gasteiger partial charge in [0.05, 0.1) is 11.0 Å². The third kappa shape index (κ3) is 4.49. The molecule has 0 atom stereocenters. The summed E-state index contributed by atoms with van der Waals surface area (Å²) in [5, 5.41) is 4.62. The molecule has 0 aliphatic carbocycles. The highest BCUT2D eigenvalue weighted by Gasteiger charge is 2.16. The summed E-state index contributed by atoms with van der Waals surface area (Å²) in [6, 6.07) is 21.7. The Labute approximate surface area is 196 Å². The molecule has 0 bridgehead atoms. The molecule has 2 heterocycles. The van der Waals surface area contributed by atoms with Crippen molar-refractivity contribution in [3.8, 4) is 0 Å². The molecule has 1 amide bonds. The van der Waals surface area contributed by atoms with E-state index < -0.39 is 0 Å². The van der Waals surface area contributed by atoms with Crippen molar-refractivity contribution in [3.63, 3.8) is 0 Å². The molecule has 0 radical (unpaired) electrons. The zero-order valence-corrected chi connectivity index (χ0v) is 18.8. The van der Waals surface area contributed by atoms with Crippen molar-refractivity contribution in [2.45, 2.75) is 19.4 Å². The first-order valence-corrected chi connectivity index (χ1v) is 11.3. The number of benzene rings is 3. The Morgan fingerprint density at radius 2 is 1.94 bits per heavy atom. The highest BCUT2D eigenvalue weighted by atomic mass is 35.5. The maximum Gasteiger partial charge on any atom is 0.291 e. The molecular weight excluding hydrogens is 434 g/mol.